The topological polar surface area (TPSA) is 78.1 Å². The van der Waals surface area contributed by atoms with Crippen LogP contribution < -0.4 is 0 Å². The highest BCUT2D eigenvalue weighted by Gasteiger charge is 2.24. The van der Waals surface area contributed by atoms with Gasteiger partial charge in [0.05, 0.1) is 5.56 Å². The second-order valence-electron chi connectivity index (χ2n) is 14.7. The van der Waals surface area contributed by atoms with Crippen LogP contribution in [-0.2, 0) is 0 Å². The van der Waals surface area contributed by atoms with Crippen LogP contribution in [0.3, 0.4) is 0 Å². The predicted octanol–water partition coefficient (Wildman–Crippen LogP) is 14.0. The second kappa shape index (κ2) is 11.4. The molecule has 0 aliphatic rings. The zero-order valence-electron chi connectivity index (χ0n) is 30.2. The van der Waals surface area contributed by atoms with E-state index in [1.807, 2.05) is 78.9 Å². The Kier molecular flexibility index (Phi) is 6.07. The maximum atomic E-state index is 6.81. The Hall–Kier alpha value is -7.83. The van der Waals surface area contributed by atoms with E-state index in [0.717, 1.165) is 93.6 Å². The summed E-state index contributed by atoms with van der Waals surface area (Å²) in [4.78, 5) is 15.2. The van der Waals surface area contributed by atoms with E-state index in [1.165, 1.54) is 21.5 Å². The van der Waals surface area contributed by atoms with Crippen LogP contribution in [0, 0.1) is 0 Å². The van der Waals surface area contributed by atoms with Crippen LogP contribution in [0.1, 0.15) is 0 Å². The monoisotopic (exact) mass is 729 g/mol. The third-order valence-corrected chi connectivity index (χ3v) is 11.5. The van der Waals surface area contributed by atoms with Crippen molar-refractivity contribution in [1.29, 1.82) is 0 Å². The van der Waals surface area contributed by atoms with E-state index in [-0.39, 0.29) is 0 Å². The molecule has 4 aromatic heterocycles. The number of para-hydroxylation sites is 1. The van der Waals surface area contributed by atoms with Gasteiger partial charge in [0.15, 0.2) is 28.6 Å². The van der Waals surface area contributed by atoms with Gasteiger partial charge in [-0.3, -0.25) is 0 Å². The molecule has 0 saturated heterocycles. The molecule has 13 aromatic rings. The molecule has 0 unspecified atom stereocenters. The van der Waals surface area contributed by atoms with Crippen molar-refractivity contribution in [3.05, 3.63) is 164 Å². The quantitative estimate of drug-likeness (QED) is 0.168. The van der Waals surface area contributed by atoms with Crippen LogP contribution in [0.4, 0.5) is 0 Å². The molecule has 264 valence electrons. The van der Waals surface area contributed by atoms with Crippen molar-refractivity contribution in [3.63, 3.8) is 0 Å². The number of hydrogen-bond donors (Lipinski definition) is 0. The summed E-state index contributed by atoms with van der Waals surface area (Å²) in [5.74, 6) is 1.71. The lowest BCUT2D eigenvalue weighted by Crippen LogP contribution is -2.00. The Morgan fingerprint density at radius 2 is 0.860 bits per heavy atom. The highest BCUT2D eigenvalue weighted by atomic mass is 16.4. The molecule has 0 saturated carbocycles. The van der Waals surface area contributed by atoms with Crippen LogP contribution >= 0.6 is 0 Å². The van der Waals surface area contributed by atoms with Gasteiger partial charge in [0, 0.05) is 43.4 Å². The minimum atomic E-state index is 0.531. The smallest absolute Gasteiger partial charge is 0.179 e. The number of nitrogens with zero attached hydrogens (tertiary/aromatic N) is 3. The van der Waals surface area contributed by atoms with Crippen LogP contribution in [0.5, 0.6) is 0 Å². The predicted molar refractivity (Wildman–Crippen MR) is 230 cm³/mol. The Balaban J connectivity index is 1.06. The summed E-state index contributed by atoms with van der Waals surface area (Å²) in [6, 6.07) is 56.2. The lowest BCUT2D eigenvalue weighted by Gasteiger charge is -2.10. The molecular formula is C51H27N3O3. The maximum Gasteiger partial charge on any atom is 0.179 e. The highest BCUT2D eigenvalue weighted by Crippen LogP contribution is 2.48. The average Bonchev–Trinajstić information content (AvgIpc) is 3.98. The molecule has 0 radical (unpaired) electrons. The number of aromatic nitrogens is 3. The number of fused-ring (bicyclic) bond motifs is 10. The summed E-state index contributed by atoms with van der Waals surface area (Å²) in [7, 11) is 0. The first-order valence-electron chi connectivity index (χ1n) is 19.0. The number of furan rings is 3. The number of hydrogen-bond acceptors (Lipinski definition) is 6. The molecule has 0 amide bonds. The molecule has 9 aromatic carbocycles. The fourth-order valence-corrected chi connectivity index (χ4v) is 8.87. The van der Waals surface area contributed by atoms with Gasteiger partial charge in [-0.15, -0.1) is 0 Å². The summed E-state index contributed by atoms with van der Waals surface area (Å²) in [5.41, 5.74) is 9.28. The number of benzene rings is 9. The van der Waals surface area contributed by atoms with Gasteiger partial charge in [-0.25, -0.2) is 15.0 Å². The molecule has 6 nitrogen and oxygen atoms in total. The molecule has 13 rings (SSSR count). The molecule has 0 aliphatic heterocycles. The van der Waals surface area contributed by atoms with Crippen molar-refractivity contribution in [1.82, 2.24) is 15.0 Å². The largest absolute Gasteiger partial charge is 0.455 e. The van der Waals surface area contributed by atoms with Crippen LogP contribution in [0.2, 0.25) is 0 Å². The van der Waals surface area contributed by atoms with Gasteiger partial charge in [-0.2, -0.15) is 0 Å². The molecule has 57 heavy (non-hydrogen) atoms. The molecule has 0 fully saturated rings. The van der Waals surface area contributed by atoms with Crippen molar-refractivity contribution in [2.45, 2.75) is 0 Å². The molecular weight excluding hydrogens is 703 g/mol. The fraction of sp³-hybridized carbons (Fsp3) is 0. The Morgan fingerprint density at radius 3 is 1.63 bits per heavy atom. The van der Waals surface area contributed by atoms with E-state index in [9.17, 15) is 0 Å². The van der Waals surface area contributed by atoms with E-state index in [2.05, 4.69) is 84.9 Å². The van der Waals surface area contributed by atoms with Crippen molar-refractivity contribution < 1.29 is 13.3 Å². The van der Waals surface area contributed by atoms with E-state index in [0.29, 0.717) is 17.5 Å². The van der Waals surface area contributed by atoms with Gasteiger partial charge < -0.3 is 13.3 Å². The summed E-state index contributed by atoms with van der Waals surface area (Å²) >= 11 is 0. The Morgan fingerprint density at radius 1 is 0.281 bits per heavy atom. The summed E-state index contributed by atoms with van der Waals surface area (Å²) < 4.78 is 20.1. The van der Waals surface area contributed by atoms with Gasteiger partial charge in [-0.05, 0) is 75.1 Å². The third kappa shape index (κ3) is 4.38. The first-order chi connectivity index (χ1) is 28.2. The Labute approximate surface area is 323 Å². The lowest BCUT2D eigenvalue weighted by molar-refractivity contribution is 0.633. The van der Waals surface area contributed by atoms with Crippen molar-refractivity contribution >= 4 is 87.4 Å². The minimum Gasteiger partial charge on any atom is -0.455 e. The lowest BCUT2D eigenvalue weighted by atomic mass is 9.93. The normalized spacial score (nSPS) is 12.2. The fourth-order valence-electron chi connectivity index (χ4n) is 8.87. The maximum absolute atomic E-state index is 6.81. The van der Waals surface area contributed by atoms with E-state index in [1.54, 1.807) is 0 Å². The van der Waals surface area contributed by atoms with E-state index < -0.39 is 0 Å². The average molecular weight is 730 g/mol. The molecule has 0 spiro atoms. The summed E-state index contributed by atoms with van der Waals surface area (Å²) in [5, 5.41) is 11.1. The summed E-state index contributed by atoms with van der Waals surface area (Å²) in [6.45, 7) is 0. The van der Waals surface area contributed by atoms with Crippen molar-refractivity contribution in [2.75, 3.05) is 0 Å². The molecule has 0 aliphatic carbocycles. The zero-order chi connectivity index (χ0) is 37.2. The van der Waals surface area contributed by atoms with E-state index >= 15 is 0 Å². The third-order valence-electron chi connectivity index (χ3n) is 11.5. The van der Waals surface area contributed by atoms with Gasteiger partial charge in [-0.1, -0.05) is 121 Å². The molecule has 0 atom stereocenters. The highest BCUT2D eigenvalue weighted by molar-refractivity contribution is 6.37. The molecule has 4 heterocycles. The zero-order valence-corrected chi connectivity index (χ0v) is 30.2. The molecule has 0 bridgehead atoms. The van der Waals surface area contributed by atoms with Gasteiger partial charge in [0.2, 0.25) is 0 Å². The molecule has 0 N–H and O–H groups in total. The van der Waals surface area contributed by atoms with Gasteiger partial charge in [0.25, 0.3) is 0 Å². The number of rotatable bonds is 4. The van der Waals surface area contributed by atoms with Gasteiger partial charge >= 0.3 is 0 Å². The summed E-state index contributed by atoms with van der Waals surface area (Å²) in [6.07, 6.45) is 0. The van der Waals surface area contributed by atoms with Crippen molar-refractivity contribution in [3.8, 4) is 45.3 Å². The standard InChI is InChI=1S/C51H27N3O3/c1-3-12-28(13-4-1)49-52-50(29-14-5-2-6-15-29)54-51(53-49)40-25-31(24-38-34-18-9-10-20-41(34)55-46(38)40)30-22-23-35-39-27-37-33-17-8-7-16-32(33)36-19-11-21-42-44(36)45(37)48(56-42)47(39)57-43(35)26-30/h1-27H. The van der Waals surface area contributed by atoms with Gasteiger partial charge in [0.1, 0.15) is 22.3 Å². The van der Waals surface area contributed by atoms with Crippen LogP contribution in [0.25, 0.3) is 133 Å². The first-order valence-corrected chi connectivity index (χ1v) is 19.0. The SMILES string of the molecule is c1ccc(-c2nc(-c3ccccc3)nc(-c3cc(-c4ccc5c(c4)oc4c5cc5c6ccccc6c6cccc7oc4c5c76)cc4c3oc3ccccc34)n2)cc1. The van der Waals surface area contributed by atoms with E-state index in [4.69, 9.17) is 28.2 Å². The van der Waals surface area contributed by atoms with Crippen molar-refractivity contribution in [2.24, 2.45) is 0 Å². The second-order valence-corrected chi connectivity index (χ2v) is 14.7. The van der Waals surface area contributed by atoms with Crippen LogP contribution in [0.15, 0.2) is 177 Å². The Bertz CT molecular complexity index is 3690. The first kappa shape index (κ1) is 30.5. The molecule has 6 heteroatoms. The van der Waals surface area contributed by atoms with Crippen LogP contribution in [-0.4, -0.2) is 15.0 Å². The minimum absolute atomic E-state index is 0.531.